The van der Waals surface area contributed by atoms with Gasteiger partial charge in [0.1, 0.15) is 0 Å². The summed E-state index contributed by atoms with van der Waals surface area (Å²) in [6, 6.07) is 2.03. The van der Waals surface area contributed by atoms with Crippen LogP contribution in [-0.2, 0) is 0 Å². The summed E-state index contributed by atoms with van der Waals surface area (Å²) in [5.41, 5.74) is 3.69. The predicted molar refractivity (Wildman–Crippen MR) is 74.6 cm³/mol. The van der Waals surface area contributed by atoms with E-state index in [2.05, 4.69) is 22.3 Å². The van der Waals surface area contributed by atoms with Crippen LogP contribution in [0.15, 0.2) is 18.5 Å². The normalized spacial score (nSPS) is 10.7. The maximum absolute atomic E-state index is 6.15. The highest BCUT2D eigenvalue weighted by Crippen LogP contribution is 2.23. The number of nitrogens with zero attached hydrogens (tertiary/aromatic N) is 3. The Labute approximate surface area is 112 Å². The molecule has 0 fully saturated rings. The van der Waals surface area contributed by atoms with Crippen molar-refractivity contribution in [1.82, 2.24) is 14.8 Å². The number of pyridine rings is 1. The summed E-state index contributed by atoms with van der Waals surface area (Å²) in [4.78, 5) is 4.23. The Balaban J connectivity index is 2.35. The maximum atomic E-state index is 6.15. The number of halogens is 1. The summed E-state index contributed by atoms with van der Waals surface area (Å²) in [5, 5.41) is 8.44. The largest absolute Gasteiger partial charge is 0.384 e. The molecule has 18 heavy (non-hydrogen) atoms. The number of hydrogen-bond acceptors (Lipinski definition) is 3. The van der Waals surface area contributed by atoms with Crippen LogP contribution in [0.5, 0.6) is 0 Å². The molecule has 0 saturated carbocycles. The van der Waals surface area contributed by atoms with Gasteiger partial charge in [-0.05, 0) is 26.3 Å². The fraction of sp³-hybridized carbons (Fsp3) is 0.385. The lowest BCUT2D eigenvalue weighted by Gasteiger charge is -2.08. The predicted octanol–water partition coefficient (Wildman–Crippen LogP) is 3.36. The number of aromatic nitrogens is 3. The number of rotatable bonds is 4. The smallest absolute Gasteiger partial charge is 0.0853 e. The van der Waals surface area contributed by atoms with Crippen molar-refractivity contribution in [2.24, 2.45) is 0 Å². The van der Waals surface area contributed by atoms with Gasteiger partial charge in [-0.2, -0.15) is 5.10 Å². The molecule has 2 aromatic rings. The third-order valence-electron chi connectivity index (χ3n) is 2.75. The lowest BCUT2D eigenvalue weighted by Crippen LogP contribution is -2.04. The highest BCUT2D eigenvalue weighted by atomic mass is 35.5. The second-order valence-corrected chi connectivity index (χ2v) is 4.63. The van der Waals surface area contributed by atoms with Crippen LogP contribution < -0.4 is 5.32 Å². The fourth-order valence-electron chi connectivity index (χ4n) is 1.78. The molecule has 0 amide bonds. The first-order valence-corrected chi connectivity index (χ1v) is 6.42. The first-order chi connectivity index (χ1) is 8.63. The number of aryl methyl sites for hydroxylation is 1. The van der Waals surface area contributed by atoms with Gasteiger partial charge in [0.15, 0.2) is 0 Å². The van der Waals surface area contributed by atoms with Crippen LogP contribution in [0.4, 0.5) is 5.69 Å². The molecule has 0 unspecified atom stereocenters. The second-order valence-electron chi connectivity index (χ2n) is 4.26. The Hall–Kier alpha value is -1.55. The minimum Gasteiger partial charge on any atom is -0.384 e. The van der Waals surface area contributed by atoms with Crippen LogP contribution in [-0.4, -0.2) is 21.3 Å². The van der Waals surface area contributed by atoms with Gasteiger partial charge in [0, 0.05) is 6.54 Å². The van der Waals surface area contributed by atoms with E-state index in [9.17, 15) is 0 Å². The van der Waals surface area contributed by atoms with Crippen molar-refractivity contribution in [1.29, 1.82) is 0 Å². The Morgan fingerprint density at radius 1 is 1.33 bits per heavy atom. The van der Waals surface area contributed by atoms with Crippen LogP contribution in [0.2, 0.25) is 5.02 Å². The Bertz CT molecular complexity index is 548. The van der Waals surface area contributed by atoms with Crippen molar-refractivity contribution in [3.63, 3.8) is 0 Å². The van der Waals surface area contributed by atoms with Crippen molar-refractivity contribution in [2.75, 3.05) is 11.9 Å². The summed E-state index contributed by atoms with van der Waals surface area (Å²) in [6.07, 6.45) is 4.68. The summed E-state index contributed by atoms with van der Waals surface area (Å²) in [7, 11) is 0. The van der Waals surface area contributed by atoms with Gasteiger partial charge in [-0.25, -0.2) is 4.68 Å². The van der Waals surface area contributed by atoms with Crippen LogP contribution in [0.1, 0.15) is 24.7 Å². The molecule has 2 heterocycles. The molecular weight excluding hydrogens is 248 g/mol. The summed E-state index contributed by atoms with van der Waals surface area (Å²) < 4.78 is 1.82. The van der Waals surface area contributed by atoms with E-state index < -0.39 is 0 Å². The van der Waals surface area contributed by atoms with Gasteiger partial charge >= 0.3 is 0 Å². The van der Waals surface area contributed by atoms with E-state index in [4.69, 9.17) is 11.6 Å². The quantitative estimate of drug-likeness (QED) is 0.921. The van der Waals surface area contributed by atoms with Crippen molar-refractivity contribution in [2.45, 2.75) is 27.2 Å². The summed E-state index contributed by atoms with van der Waals surface area (Å²) >= 11 is 6.15. The van der Waals surface area contributed by atoms with E-state index in [1.165, 1.54) is 0 Å². The van der Waals surface area contributed by atoms with Crippen molar-refractivity contribution in [3.05, 3.63) is 34.9 Å². The van der Waals surface area contributed by atoms with Gasteiger partial charge in [0.25, 0.3) is 0 Å². The van der Waals surface area contributed by atoms with Gasteiger partial charge in [0.2, 0.25) is 0 Å². The second kappa shape index (κ2) is 5.40. The minimum absolute atomic E-state index is 0.710. The molecule has 2 rings (SSSR count). The number of anilines is 1. The SMILES string of the molecule is CCCNc1cncc(-n2nc(C)c(Cl)c2C)c1. The molecule has 1 N–H and O–H groups in total. The molecule has 2 aromatic heterocycles. The average Bonchev–Trinajstić information content (AvgIpc) is 2.64. The molecule has 5 heteroatoms. The maximum Gasteiger partial charge on any atom is 0.0853 e. The standard InChI is InChI=1S/C13H17ClN4/c1-4-5-16-11-6-12(8-15-7-11)18-10(3)13(14)9(2)17-18/h6-8,16H,4-5H2,1-3H3. The molecule has 0 bridgehead atoms. The molecule has 0 spiro atoms. The fourth-order valence-corrected chi connectivity index (χ4v) is 1.90. The van der Waals surface area contributed by atoms with E-state index >= 15 is 0 Å². The van der Waals surface area contributed by atoms with Gasteiger partial charge in [-0.3, -0.25) is 4.98 Å². The topological polar surface area (TPSA) is 42.7 Å². The van der Waals surface area contributed by atoms with Crippen LogP contribution in [0, 0.1) is 13.8 Å². The lowest BCUT2D eigenvalue weighted by atomic mass is 10.3. The zero-order valence-electron chi connectivity index (χ0n) is 10.9. The van der Waals surface area contributed by atoms with Crippen LogP contribution >= 0.6 is 11.6 Å². The third-order valence-corrected chi connectivity index (χ3v) is 3.30. The van der Waals surface area contributed by atoms with Crippen LogP contribution in [0.25, 0.3) is 5.69 Å². The lowest BCUT2D eigenvalue weighted by molar-refractivity contribution is 0.828. The van der Waals surface area contributed by atoms with Gasteiger partial charge in [-0.15, -0.1) is 0 Å². The number of hydrogen-bond donors (Lipinski definition) is 1. The average molecular weight is 265 g/mol. The van der Waals surface area contributed by atoms with E-state index in [-0.39, 0.29) is 0 Å². The highest BCUT2D eigenvalue weighted by molar-refractivity contribution is 6.31. The molecule has 0 radical (unpaired) electrons. The molecule has 0 aliphatic heterocycles. The van der Waals surface area contributed by atoms with E-state index in [0.29, 0.717) is 5.02 Å². The summed E-state index contributed by atoms with van der Waals surface area (Å²) in [6.45, 7) is 6.92. The van der Waals surface area contributed by atoms with Gasteiger partial charge < -0.3 is 5.32 Å². The number of nitrogens with one attached hydrogen (secondary N) is 1. The Morgan fingerprint density at radius 2 is 2.11 bits per heavy atom. The Kier molecular flexibility index (Phi) is 3.87. The molecule has 0 atom stereocenters. The first-order valence-electron chi connectivity index (χ1n) is 6.04. The minimum atomic E-state index is 0.710. The summed E-state index contributed by atoms with van der Waals surface area (Å²) in [5.74, 6) is 0. The van der Waals surface area contributed by atoms with Gasteiger partial charge in [0.05, 0.1) is 40.2 Å². The highest BCUT2D eigenvalue weighted by Gasteiger charge is 2.11. The van der Waals surface area contributed by atoms with E-state index in [1.807, 2.05) is 30.8 Å². The molecule has 96 valence electrons. The zero-order valence-corrected chi connectivity index (χ0v) is 11.6. The zero-order chi connectivity index (χ0) is 13.1. The molecule has 0 aliphatic carbocycles. The molecule has 0 aromatic carbocycles. The monoisotopic (exact) mass is 264 g/mol. The van der Waals surface area contributed by atoms with Crippen molar-refractivity contribution < 1.29 is 0 Å². The van der Waals surface area contributed by atoms with Gasteiger partial charge in [-0.1, -0.05) is 18.5 Å². The third kappa shape index (κ3) is 2.48. The van der Waals surface area contributed by atoms with Crippen molar-refractivity contribution in [3.8, 4) is 5.69 Å². The molecule has 4 nitrogen and oxygen atoms in total. The van der Waals surface area contributed by atoms with Crippen molar-refractivity contribution >= 4 is 17.3 Å². The van der Waals surface area contributed by atoms with Crippen LogP contribution in [0.3, 0.4) is 0 Å². The van der Waals surface area contributed by atoms with E-state index in [1.54, 1.807) is 6.20 Å². The first kappa shape index (κ1) is 12.9. The molecule has 0 aliphatic rings. The molecular formula is C13H17ClN4. The van der Waals surface area contributed by atoms with E-state index in [0.717, 1.165) is 35.7 Å². The Morgan fingerprint density at radius 3 is 2.72 bits per heavy atom. The molecule has 0 saturated heterocycles.